The van der Waals surface area contributed by atoms with Gasteiger partial charge in [-0.2, -0.15) is 0 Å². The second-order valence-electron chi connectivity index (χ2n) is 9.86. The van der Waals surface area contributed by atoms with Crippen LogP contribution in [0.5, 0.6) is 5.75 Å². The number of thiazole rings is 1. The fourth-order valence-electron chi connectivity index (χ4n) is 5.59. The third-order valence-electron chi connectivity index (χ3n) is 7.39. The first-order valence-electron chi connectivity index (χ1n) is 13.0. The average molecular weight is 566 g/mol. The second-order valence-corrected chi connectivity index (χ2v) is 11.5. The topological polar surface area (TPSA) is 128 Å². The molecule has 5 heterocycles. The second kappa shape index (κ2) is 10.1. The third-order valence-corrected chi connectivity index (χ3v) is 8.49. The van der Waals surface area contributed by atoms with Gasteiger partial charge in [-0.05, 0) is 51.3 Å². The van der Waals surface area contributed by atoms with Gasteiger partial charge in [-0.25, -0.2) is 15.0 Å². The Labute approximate surface area is 234 Å². The number of ether oxygens (including phenoxy) is 1. The number of nitrogens with two attached hydrogens (primary N) is 1. The van der Waals surface area contributed by atoms with Crippen molar-refractivity contribution in [2.75, 3.05) is 24.2 Å². The van der Waals surface area contributed by atoms with E-state index >= 15 is 0 Å². The van der Waals surface area contributed by atoms with Crippen LogP contribution in [0.15, 0.2) is 30.6 Å². The maximum atomic E-state index is 13.0. The van der Waals surface area contributed by atoms with Gasteiger partial charge in [0.2, 0.25) is 5.91 Å². The van der Waals surface area contributed by atoms with Gasteiger partial charge >= 0.3 is 0 Å². The SMILES string of the molecule is CCOc1cc(C(=O)Nc2ncc(C)s2)ccc1-c1nc([C@@H]2CC[C@H]3CCC(=O)N3C2)n2c(Cl)cnc(N)c12. The Hall–Kier alpha value is -3.70. The van der Waals surface area contributed by atoms with E-state index in [0.717, 1.165) is 30.0 Å². The monoisotopic (exact) mass is 565 g/mol. The van der Waals surface area contributed by atoms with E-state index < -0.39 is 0 Å². The summed E-state index contributed by atoms with van der Waals surface area (Å²) in [5.74, 6) is 1.40. The molecule has 6 rings (SSSR count). The van der Waals surface area contributed by atoms with Crippen LogP contribution in [-0.4, -0.2) is 55.3 Å². The van der Waals surface area contributed by atoms with Gasteiger partial charge in [0.05, 0.1) is 12.8 Å². The van der Waals surface area contributed by atoms with E-state index in [9.17, 15) is 9.59 Å². The summed E-state index contributed by atoms with van der Waals surface area (Å²) in [7, 11) is 0. The molecule has 2 aliphatic rings. The summed E-state index contributed by atoms with van der Waals surface area (Å²) in [5.41, 5.74) is 8.63. The number of fused-ring (bicyclic) bond motifs is 2. The molecule has 1 aromatic carbocycles. The lowest BCUT2D eigenvalue weighted by molar-refractivity contribution is -0.130. The van der Waals surface area contributed by atoms with Crippen LogP contribution in [0.2, 0.25) is 5.15 Å². The molecule has 202 valence electrons. The van der Waals surface area contributed by atoms with Gasteiger partial charge in [0.15, 0.2) is 5.13 Å². The minimum Gasteiger partial charge on any atom is -0.493 e. The van der Waals surface area contributed by atoms with Crippen molar-refractivity contribution in [1.82, 2.24) is 24.3 Å². The molecule has 3 N–H and O–H groups in total. The number of anilines is 2. The van der Waals surface area contributed by atoms with E-state index in [4.69, 9.17) is 27.1 Å². The zero-order valence-corrected chi connectivity index (χ0v) is 23.2. The smallest absolute Gasteiger partial charge is 0.257 e. The molecule has 39 heavy (non-hydrogen) atoms. The van der Waals surface area contributed by atoms with Crippen LogP contribution >= 0.6 is 22.9 Å². The molecule has 3 aromatic heterocycles. The predicted octanol–water partition coefficient (Wildman–Crippen LogP) is 4.92. The summed E-state index contributed by atoms with van der Waals surface area (Å²) in [6.45, 7) is 4.79. The van der Waals surface area contributed by atoms with E-state index in [2.05, 4.69) is 15.3 Å². The quantitative estimate of drug-likeness (QED) is 0.340. The number of rotatable bonds is 6. The van der Waals surface area contributed by atoms with E-state index in [0.29, 0.717) is 64.0 Å². The number of aromatic nitrogens is 4. The number of imidazole rings is 1. The first kappa shape index (κ1) is 25.6. The Morgan fingerprint density at radius 1 is 1.26 bits per heavy atom. The number of nitrogens with zero attached hydrogens (tertiary/aromatic N) is 5. The van der Waals surface area contributed by atoms with Crippen LogP contribution in [0.1, 0.15) is 59.6 Å². The highest BCUT2D eigenvalue weighted by Crippen LogP contribution is 2.41. The van der Waals surface area contributed by atoms with Crippen LogP contribution in [0.4, 0.5) is 10.9 Å². The summed E-state index contributed by atoms with van der Waals surface area (Å²) >= 11 is 8.08. The van der Waals surface area contributed by atoms with Crippen LogP contribution < -0.4 is 15.8 Å². The number of hydrogen-bond donors (Lipinski definition) is 2. The Morgan fingerprint density at radius 3 is 2.87 bits per heavy atom. The summed E-state index contributed by atoms with van der Waals surface area (Å²) < 4.78 is 7.83. The van der Waals surface area contributed by atoms with Crippen molar-refractivity contribution in [3.05, 3.63) is 52.0 Å². The average Bonchev–Trinajstić information content (AvgIpc) is 3.63. The largest absolute Gasteiger partial charge is 0.493 e. The number of piperidine rings is 1. The van der Waals surface area contributed by atoms with Gasteiger partial charge in [-0.1, -0.05) is 11.6 Å². The molecule has 0 saturated carbocycles. The van der Waals surface area contributed by atoms with Crippen molar-refractivity contribution in [1.29, 1.82) is 0 Å². The predicted molar refractivity (Wildman–Crippen MR) is 151 cm³/mol. The summed E-state index contributed by atoms with van der Waals surface area (Å²) in [5, 5.41) is 3.75. The zero-order valence-electron chi connectivity index (χ0n) is 21.6. The number of nitrogens with one attached hydrogen (secondary N) is 1. The Bertz CT molecular complexity index is 1600. The summed E-state index contributed by atoms with van der Waals surface area (Å²) in [6.07, 6.45) is 6.55. The number of hydrogen-bond acceptors (Lipinski definition) is 8. The molecule has 4 aromatic rings. The molecule has 2 saturated heterocycles. The van der Waals surface area contributed by atoms with Crippen molar-refractivity contribution < 1.29 is 14.3 Å². The number of carbonyl (C=O) groups is 2. The van der Waals surface area contributed by atoms with E-state index in [1.165, 1.54) is 17.5 Å². The van der Waals surface area contributed by atoms with E-state index in [1.54, 1.807) is 24.4 Å². The lowest BCUT2D eigenvalue weighted by Gasteiger charge is -2.34. The Morgan fingerprint density at radius 2 is 2.10 bits per heavy atom. The van der Waals surface area contributed by atoms with Crippen LogP contribution in [0.25, 0.3) is 16.8 Å². The molecule has 0 unspecified atom stereocenters. The van der Waals surface area contributed by atoms with Gasteiger partial charge in [0.25, 0.3) is 5.91 Å². The number of amides is 2. The van der Waals surface area contributed by atoms with Crippen molar-refractivity contribution in [2.45, 2.75) is 51.5 Å². The maximum Gasteiger partial charge on any atom is 0.257 e. The van der Waals surface area contributed by atoms with Crippen LogP contribution in [-0.2, 0) is 4.79 Å². The van der Waals surface area contributed by atoms with Crippen LogP contribution in [0.3, 0.4) is 0 Å². The van der Waals surface area contributed by atoms with Crippen molar-refractivity contribution >= 4 is 51.2 Å². The highest BCUT2D eigenvalue weighted by atomic mass is 35.5. The molecule has 2 atom stereocenters. The molecule has 2 fully saturated rings. The van der Waals surface area contributed by atoms with E-state index in [1.807, 2.05) is 23.1 Å². The fourth-order valence-corrected chi connectivity index (χ4v) is 6.47. The number of carbonyl (C=O) groups excluding carboxylic acids is 2. The lowest BCUT2D eigenvalue weighted by atomic mass is 9.92. The standard InChI is InChI=1S/C27H28ClN7O3S/c1-3-38-19-10-15(26(37)33-27-31-11-14(2)39-27)5-8-18(19)22-23-24(29)30-12-20(28)35(23)25(32-22)16-4-6-17-7-9-21(36)34(17)13-16/h5,8,10-12,16-17H,3-4,6-7,9,13H2,1-2H3,(H2,29,30)(H,31,33,37)/t16-,17+/m1/s1. The first-order valence-corrected chi connectivity index (χ1v) is 14.2. The molecule has 2 aliphatic heterocycles. The highest BCUT2D eigenvalue weighted by Gasteiger charge is 2.38. The van der Waals surface area contributed by atoms with Gasteiger partial charge < -0.3 is 15.4 Å². The van der Waals surface area contributed by atoms with Crippen LogP contribution in [0, 0.1) is 6.92 Å². The molecule has 0 bridgehead atoms. The van der Waals surface area contributed by atoms with E-state index in [-0.39, 0.29) is 23.6 Å². The van der Waals surface area contributed by atoms with Crippen molar-refractivity contribution in [3.8, 4) is 17.0 Å². The van der Waals surface area contributed by atoms with Gasteiger partial charge in [-0.15, -0.1) is 11.3 Å². The highest BCUT2D eigenvalue weighted by molar-refractivity contribution is 7.15. The maximum absolute atomic E-state index is 13.0. The molecule has 0 aliphatic carbocycles. The summed E-state index contributed by atoms with van der Waals surface area (Å²) in [6, 6.07) is 5.53. The molecular weight excluding hydrogens is 538 g/mol. The van der Waals surface area contributed by atoms with Gasteiger partial charge in [0, 0.05) is 47.1 Å². The fraction of sp³-hybridized carbons (Fsp3) is 0.370. The number of halogens is 1. The minimum atomic E-state index is -0.288. The van der Waals surface area contributed by atoms with Crippen molar-refractivity contribution in [2.24, 2.45) is 0 Å². The van der Waals surface area contributed by atoms with Gasteiger partial charge in [0.1, 0.15) is 33.8 Å². The Kier molecular flexibility index (Phi) is 6.64. The van der Waals surface area contributed by atoms with Gasteiger partial charge in [-0.3, -0.25) is 19.3 Å². The normalized spacial score (nSPS) is 18.9. The number of nitrogen functional groups attached to an aromatic ring is 1. The number of aryl methyl sites for hydroxylation is 1. The summed E-state index contributed by atoms with van der Waals surface area (Å²) in [4.78, 5) is 42.0. The molecule has 0 radical (unpaired) electrons. The Balaban J connectivity index is 1.43. The minimum absolute atomic E-state index is 0.00815. The molecular formula is C27H28ClN7O3S. The lowest BCUT2D eigenvalue weighted by Crippen LogP contribution is -2.41. The molecule has 0 spiro atoms. The number of benzene rings is 1. The molecule has 2 amide bonds. The third kappa shape index (κ3) is 4.59. The molecule has 10 nitrogen and oxygen atoms in total. The zero-order chi connectivity index (χ0) is 27.3. The van der Waals surface area contributed by atoms with Crippen molar-refractivity contribution in [3.63, 3.8) is 0 Å². The first-order chi connectivity index (χ1) is 18.8. The molecule has 12 heteroatoms.